The molecule has 0 spiro atoms. The van der Waals surface area contributed by atoms with Crippen LogP contribution < -0.4 is 0 Å². The highest BCUT2D eigenvalue weighted by Crippen LogP contribution is 2.40. The molecule has 3 rings (SSSR count). The molecule has 0 radical (unpaired) electrons. The summed E-state index contributed by atoms with van der Waals surface area (Å²) < 4.78 is 0. The quantitative estimate of drug-likeness (QED) is 0.489. The highest BCUT2D eigenvalue weighted by Gasteiger charge is 2.26. The Morgan fingerprint density at radius 1 is 1.23 bits per heavy atom. The lowest BCUT2D eigenvalue weighted by Crippen LogP contribution is -2.16. The van der Waals surface area contributed by atoms with E-state index >= 15 is 0 Å². The van der Waals surface area contributed by atoms with E-state index in [-0.39, 0.29) is 0 Å². The fraction of sp³-hybridized carbons (Fsp3) is 0.385. The smallest absolute Gasteiger partial charge is 0.00268 e. The summed E-state index contributed by atoms with van der Waals surface area (Å²) in [5.41, 5.74) is 3.20. The Labute approximate surface area is 79.3 Å². The first-order valence-corrected chi connectivity index (χ1v) is 5.17. The first kappa shape index (κ1) is 7.37. The molecule has 3 aliphatic rings. The second-order valence-corrected chi connectivity index (χ2v) is 4.22. The minimum atomic E-state index is 0.736. The van der Waals surface area contributed by atoms with Gasteiger partial charge in [0.25, 0.3) is 0 Å². The van der Waals surface area contributed by atoms with Crippen molar-refractivity contribution in [2.45, 2.75) is 19.3 Å². The van der Waals surface area contributed by atoms with Crippen molar-refractivity contribution in [3.05, 3.63) is 47.6 Å². The zero-order valence-corrected chi connectivity index (χ0v) is 7.74. The predicted octanol–water partition coefficient (Wildman–Crippen LogP) is 3.40. The van der Waals surface area contributed by atoms with Crippen LogP contribution in [0.1, 0.15) is 19.3 Å². The van der Waals surface area contributed by atoms with Gasteiger partial charge in [-0.15, -0.1) is 0 Å². The number of hydrogen-bond acceptors (Lipinski definition) is 0. The normalized spacial score (nSPS) is 35.1. The van der Waals surface area contributed by atoms with Crippen LogP contribution in [-0.4, -0.2) is 0 Å². The molecule has 0 aromatic heterocycles. The van der Waals surface area contributed by atoms with Crippen LogP contribution in [0.4, 0.5) is 0 Å². The van der Waals surface area contributed by atoms with Gasteiger partial charge in [0.2, 0.25) is 0 Å². The van der Waals surface area contributed by atoms with Crippen LogP contribution in [0.25, 0.3) is 0 Å². The third-order valence-electron chi connectivity index (χ3n) is 3.42. The summed E-state index contributed by atoms with van der Waals surface area (Å²) in [6, 6.07) is 0. The van der Waals surface area contributed by atoms with Crippen molar-refractivity contribution in [2.24, 2.45) is 11.8 Å². The number of rotatable bonds is 0. The van der Waals surface area contributed by atoms with Crippen molar-refractivity contribution >= 4 is 0 Å². The van der Waals surface area contributed by atoms with Crippen molar-refractivity contribution in [1.82, 2.24) is 0 Å². The van der Waals surface area contributed by atoms with Crippen molar-refractivity contribution in [1.29, 1.82) is 0 Å². The van der Waals surface area contributed by atoms with E-state index in [0.717, 1.165) is 11.8 Å². The van der Waals surface area contributed by atoms with Crippen molar-refractivity contribution in [3.63, 3.8) is 0 Å². The topological polar surface area (TPSA) is 0 Å². The predicted molar refractivity (Wildman–Crippen MR) is 55.3 cm³/mol. The Bertz CT molecular complexity index is 339. The first-order valence-electron chi connectivity index (χ1n) is 5.17. The second-order valence-electron chi connectivity index (χ2n) is 4.22. The Hall–Kier alpha value is -1.04. The monoisotopic (exact) mass is 170 g/mol. The molecule has 0 heterocycles. The van der Waals surface area contributed by atoms with Crippen LogP contribution in [-0.2, 0) is 0 Å². The van der Waals surface area contributed by atoms with Gasteiger partial charge in [0.1, 0.15) is 0 Å². The molecule has 13 heavy (non-hydrogen) atoms. The van der Waals surface area contributed by atoms with Crippen molar-refractivity contribution in [2.75, 3.05) is 0 Å². The maximum absolute atomic E-state index is 2.43. The van der Waals surface area contributed by atoms with Gasteiger partial charge < -0.3 is 0 Å². The fourth-order valence-electron chi connectivity index (χ4n) is 2.65. The second kappa shape index (κ2) is 2.73. The third kappa shape index (κ3) is 1.13. The Balaban J connectivity index is 1.97. The summed E-state index contributed by atoms with van der Waals surface area (Å²) in [6.45, 7) is 0. The molecule has 0 heteroatoms. The number of fused-ring (bicyclic) bond motifs is 2. The Morgan fingerprint density at radius 3 is 3.23 bits per heavy atom. The molecule has 0 fully saturated rings. The molecule has 0 aromatic rings. The van der Waals surface area contributed by atoms with E-state index in [1.165, 1.54) is 19.3 Å². The van der Waals surface area contributed by atoms with Gasteiger partial charge in [-0.1, -0.05) is 42.0 Å². The lowest BCUT2D eigenvalue weighted by Gasteiger charge is -2.30. The van der Waals surface area contributed by atoms with Gasteiger partial charge in [-0.3, -0.25) is 0 Å². The van der Waals surface area contributed by atoms with Crippen molar-refractivity contribution in [3.8, 4) is 0 Å². The molecular weight excluding hydrogens is 156 g/mol. The van der Waals surface area contributed by atoms with Gasteiger partial charge in [-0.25, -0.2) is 0 Å². The summed E-state index contributed by atoms with van der Waals surface area (Å²) in [5.74, 6) is 1.58. The van der Waals surface area contributed by atoms with Crippen LogP contribution in [0.2, 0.25) is 0 Å². The number of hydrogen-bond donors (Lipinski definition) is 0. The zero-order chi connectivity index (χ0) is 8.67. The summed E-state index contributed by atoms with van der Waals surface area (Å²) in [5, 5.41) is 0. The van der Waals surface area contributed by atoms with E-state index in [1.54, 1.807) is 11.1 Å². The Kier molecular flexibility index (Phi) is 1.55. The highest BCUT2D eigenvalue weighted by molar-refractivity contribution is 5.42. The first-order chi connectivity index (χ1) is 6.43. The van der Waals surface area contributed by atoms with Gasteiger partial charge in [0.15, 0.2) is 0 Å². The zero-order valence-electron chi connectivity index (χ0n) is 7.74. The molecule has 2 atom stereocenters. The summed E-state index contributed by atoms with van der Waals surface area (Å²) >= 11 is 0. The largest absolute Gasteiger partial charge is 0.0876 e. The molecule has 3 aliphatic carbocycles. The lowest BCUT2D eigenvalue weighted by molar-refractivity contribution is 0.479. The minimum absolute atomic E-state index is 0.736. The minimum Gasteiger partial charge on any atom is -0.0876 e. The van der Waals surface area contributed by atoms with Crippen LogP contribution in [0.5, 0.6) is 0 Å². The lowest BCUT2D eigenvalue weighted by atomic mass is 9.75. The van der Waals surface area contributed by atoms with Gasteiger partial charge in [-0.05, 0) is 30.8 Å². The SMILES string of the molecule is C1=CC2CC3CC=CCC3=CC2=C1. The molecular formula is C13H14. The molecule has 0 N–H and O–H groups in total. The standard InChI is InChI=1S/C13H14/c1-2-5-11-9-13-7-3-6-12(13)8-10(11)4-1/h1-3,6-8,11,13H,4-5,9H2. The third-order valence-corrected chi connectivity index (χ3v) is 3.42. The van der Waals surface area contributed by atoms with Crippen LogP contribution in [0.15, 0.2) is 47.6 Å². The van der Waals surface area contributed by atoms with E-state index in [9.17, 15) is 0 Å². The highest BCUT2D eigenvalue weighted by atomic mass is 14.3. The molecule has 0 bridgehead atoms. The summed E-state index contributed by atoms with van der Waals surface area (Å²) in [7, 11) is 0. The molecule has 0 aromatic carbocycles. The van der Waals surface area contributed by atoms with Gasteiger partial charge >= 0.3 is 0 Å². The van der Waals surface area contributed by atoms with Crippen LogP contribution in [0.3, 0.4) is 0 Å². The molecule has 2 unspecified atom stereocenters. The number of allylic oxidation sites excluding steroid dienone is 8. The molecule has 0 saturated carbocycles. The summed E-state index contributed by atoms with van der Waals surface area (Å²) in [6.07, 6.45) is 17.7. The maximum atomic E-state index is 2.43. The molecule has 0 saturated heterocycles. The van der Waals surface area contributed by atoms with Gasteiger partial charge in [0.05, 0.1) is 0 Å². The molecule has 0 amide bonds. The molecule has 0 aliphatic heterocycles. The van der Waals surface area contributed by atoms with E-state index < -0.39 is 0 Å². The molecule has 66 valence electrons. The fourth-order valence-corrected chi connectivity index (χ4v) is 2.65. The van der Waals surface area contributed by atoms with Crippen LogP contribution >= 0.6 is 0 Å². The van der Waals surface area contributed by atoms with E-state index in [4.69, 9.17) is 0 Å². The average Bonchev–Trinajstić information content (AvgIpc) is 2.61. The van der Waals surface area contributed by atoms with E-state index in [0.29, 0.717) is 0 Å². The van der Waals surface area contributed by atoms with Crippen LogP contribution in [0, 0.1) is 11.8 Å². The van der Waals surface area contributed by atoms with Crippen molar-refractivity contribution < 1.29 is 0 Å². The van der Waals surface area contributed by atoms with E-state index in [1.807, 2.05) is 0 Å². The maximum Gasteiger partial charge on any atom is 0.00268 e. The van der Waals surface area contributed by atoms with Gasteiger partial charge in [0, 0.05) is 5.92 Å². The Morgan fingerprint density at radius 2 is 2.23 bits per heavy atom. The average molecular weight is 170 g/mol. The van der Waals surface area contributed by atoms with Gasteiger partial charge in [-0.2, -0.15) is 0 Å². The molecule has 0 nitrogen and oxygen atoms in total. The van der Waals surface area contributed by atoms with E-state index in [2.05, 4.69) is 36.5 Å². The summed E-state index contributed by atoms with van der Waals surface area (Å²) in [4.78, 5) is 0.